The molecule has 3 aliphatic carbocycles. The second-order valence-corrected chi connectivity index (χ2v) is 11.7. The number of benzene rings is 2. The summed E-state index contributed by atoms with van der Waals surface area (Å²) >= 11 is 0. The fourth-order valence-corrected chi connectivity index (χ4v) is 7.04. The lowest BCUT2D eigenvalue weighted by Crippen LogP contribution is -2.40. The fourth-order valence-electron chi connectivity index (χ4n) is 7.04. The number of methoxy groups -OCH3 is 2. The molecule has 2 N–H and O–H groups in total. The quantitative estimate of drug-likeness (QED) is 0.275. The highest BCUT2D eigenvalue weighted by atomic mass is 16.5. The van der Waals surface area contributed by atoms with Gasteiger partial charge in [0, 0.05) is 29.2 Å². The lowest BCUT2D eigenvalue weighted by atomic mass is 9.60. The van der Waals surface area contributed by atoms with E-state index in [4.69, 9.17) is 9.47 Å². The Morgan fingerprint density at radius 1 is 0.955 bits per heavy atom. The van der Waals surface area contributed by atoms with E-state index in [1.165, 1.54) is 25.2 Å². The zero-order valence-electron chi connectivity index (χ0n) is 24.7. The summed E-state index contributed by atoms with van der Waals surface area (Å²) < 4.78 is 10.6. The molecule has 1 aliphatic heterocycles. The van der Waals surface area contributed by atoms with Gasteiger partial charge in [-0.2, -0.15) is 0 Å². The number of carbonyl (C=O) groups is 4. The van der Waals surface area contributed by atoms with E-state index in [9.17, 15) is 29.4 Å². The highest BCUT2D eigenvalue weighted by molar-refractivity contribution is 6.23. The van der Waals surface area contributed by atoms with Crippen LogP contribution in [0.3, 0.4) is 0 Å². The van der Waals surface area contributed by atoms with Gasteiger partial charge >= 0.3 is 0 Å². The summed E-state index contributed by atoms with van der Waals surface area (Å²) in [5, 5.41) is 19.9. The molecule has 1 fully saturated rings. The summed E-state index contributed by atoms with van der Waals surface area (Å²) in [6, 6.07) is 9.95. The monoisotopic (exact) mass is 595 g/mol. The summed E-state index contributed by atoms with van der Waals surface area (Å²) in [4.78, 5) is 55.6. The topological polar surface area (TPSA) is 130 Å². The number of carbonyl (C=O) groups excluding carboxylic acids is 4. The summed E-state index contributed by atoms with van der Waals surface area (Å²) in [5.41, 5.74) is 3.56. The number of phenols is 2. The first-order valence-corrected chi connectivity index (χ1v) is 14.6. The van der Waals surface area contributed by atoms with Crippen molar-refractivity contribution in [3.63, 3.8) is 0 Å². The number of allylic oxidation sites excluding steroid dienone is 7. The number of aromatic hydroxyl groups is 2. The molecule has 2 aromatic carbocycles. The Morgan fingerprint density at radius 2 is 1.64 bits per heavy atom. The summed E-state index contributed by atoms with van der Waals surface area (Å²) in [6.45, 7) is 1.85. The largest absolute Gasteiger partial charge is 0.508 e. The van der Waals surface area contributed by atoms with Crippen LogP contribution in [0.25, 0.3) is 6.08 Å². The molecule has 6 rings (SSSR count). The fraction of sp³-hybridized carbons (Fsp3) is 0.314. The van der Waals surface area contributed by atoms with E-state index >= 15 is 0 Å². The van der Waals surface area contributed by atoms with Crippen LogP contribution in [0.5, 0.6) is 23.0 Å². The van der Waals surface area contributed by atoms with Crippen LogP contribution in [0, 0.1) is 23.7 Å². The van der Waals surface area contributed by atoms with Gasteiger partial charge in [-0.3, -0.25) is 24.1 Å². The number of Topliss-reactive ketones (excluding diaryl/α,β-unsaturated/α-hetero) is 1. The van der Waals surface area contributed by atoms with Crippen molar-refractivity contribution in [1.82, 2.24) is 4.90 Å². The maximum atomic E-state index is 13.9. The average molecular weight is 596 g/mol. The molecule has 2 amide bonds. The zero-order chi connectivity index (χ0) is 31.3. The minimum absolute atomic E-state index is 0.135. The third-order valence-electron chi connectivity index (χ3n) is 9.25. The third kappa shape index (κ3) is 4.82. The number of amides is 2. The van der Waals surface area contributed by atoms with E-state index in [-0.39, 0.29) is 59.3 Å². The van der Waals surface area contributed by atoms with Crippen LogP contribution < -0.4 is 9.47 Å². The molecule has 1 saturated heterocycles. The molecule has 9 heteroatoms. The number of ketones is 2. The maximum Gasteiger partial charge on any atom is 0.233 e. The minimum atomic E-state index is -0.629. The summed E-state index contributed by atoms with van der Waals surface area (Å²) in [5.74, 6) is -2.63. The number of likely N-dealkylation sites (tertiary alicyclic amines) is 1. The Bertz CT molecular complexity index is 1690. The number of ether oxygens (including phenoxy) is 2. The van der Waals surface area contributed by atoms with Gasteiger partial charge in [0.15, 0.2) is 23.1 Å². The number of phenolic OH excluding ortho intramolecular Hbond substituents is 2. The lowest BCUT2D eigenvalue weighted by molar-refractivity contribution is -0.140. The highest BCUT2D eigenvalue weighted by Crippen LogP contribution is 2.52. The third-order valence-corrected chi connectivity index (χ3v) is 9.25. The number of nitrogens with zero attached hydrogens (tertiary/aromatic N) is 1. The molecule has 2 aromatic rings. The zero-order valence-corrected chi connectivity index (χ0v) is 24.7. The Balaban J connectivity index is 1.35. The van der Waals surface area contributed by atoms with Crippen LogP contribution in [0.2, 0.25) is 0 Å². The molecule has 4 aliphatic rings. The van der Waals surface area contributed by atoms with Crippen molar-refractivity contribution in [2.45, 2.75) is 26.2 Å². The molecule has 4 unspecified atom stereocenters. The van der Waals surface area contributed by atoms with Crippen molar-refractivity contribution < 1.29 is 38.9 Å². The molecular weight excluding hydrogens is 562 g/mol. The number of rotatable bonds is 7. The molecule has 0 saturated carbocycles. The van der Waals surface area contributed by atoms with Crippen LogP contribution in [-0.4, -0.2) is 59.3 Å². The minimum Gasteiger partial charge on any atom is -0.508 e. The number of hydrogen-bond donors (Lipinski definition) is 2. The number of fused-ring (bicyclic) bond motifs is 3. The van der Waals surface area contributed by atoms with Crippen LogP contribution in [0.15, 0.2) is 76.9 Å². The second kappa shape index (κ2) is 11.3. The smallest absolute Gasteiger partial charge is 0.233 e. The van der Waals surface area contributed by atoms with Crippen LogP contribution in [0.4, 0.5) is 0 Å². The first-order valence-electron chi connectivity index (χ1n) is 14.6. The van der Waals surface area contributed by atoms with Crippen molar-refractivity contribution >= 4 is 29.5 Å². The van der Waals surface area contributed by atoms with E-state index in [0.29, 0.717) is 35.1 Å². The van der Waals surface area contributed by atoms with Crippen LogP contribution in [-0.2, 0) is 25.6 Å². The Labute approximate surface area is 254 Å². The predicted octanol–water partition coefficient (Wildman–Crippen LogP) is 4.33. The summed E-state index contributed by atoms with van der Waals surface area (Å²) in [7, 11) is 2.87. The van der Waals surface area contributed by atoms with E-state index in [0.717, 1.165) is 11.1 Å². The molecule has 226 valence electrons. The van der Waals surface area contributed by atoms with Gasteiger partial charge in [0.05, 0.1) is 26.1 Å². The van der Waals surface area contributed by atoms with E-state index in [1.807, 2.05) is 12.2 Å². The predicted molar refractivity (Wildman–Crippen MR) is 161 cm³/mol. The molecule has 1 heterocycles. The average Bonchev–Trinajstić information content (AvgIpc) is 3.27. The standard InChI is InChI=1S/C35H33NO8/c1-18-14-27(38)26-17-25-22(23(30(26)32(18)39)9-6-20-15-28(43-2)33(40)29(16-20)44-3)10-11-24-31(25)35(42)36(34(24)41)13-12-19-4-7-21(37)8-5-19/h4-10,14-16,23-25,31,37,40H,11-13,17H2,1-3H3. The molecule has 4 atom stereocenters. The summed E-state index contributed by atoms with van der Waals surface area (Å²) in [6.07, 6.45) is 7.99. The van der Waals surface area contributed by atoms with Crippen molar-refractivity contribution in [3.05, 3.63) is 88.0 Å². The van der Waals surface area contributed by atoms with E-state index < -0.39 is 23.7 Å². The maximum absolute atomic E-state index is 13.9. The van der Waals surface area contributed by atoms with Gasteiger partial charge in [0.1, 0.15) is 5.75 Å². The number of hydrogen-bond acceptors (Lipinski definition) is 8. The van der Waals surface area contributed by atoms with E-state index in [2.05, 4.69) is 0 Å². The second-order valence-electron chi connectivity index (χ2n) is 11.7. The van der Waals surface area contributed by atoms with Crippen molar-refractivity contribution in [2.75, 3.05) is 20.8 Å². The van der Waals surface area contributed by atoms with Crippen LogP contribution in [0.1, 0.15) is 30.9 Å². The van der Waals surface area contributed by atoms with Gasteiger partial charge in [-0.15, -0.1) is 0 Å². The van der Waals surface area contributed by atoms with Gasteiger partial charge in [-0.05, 0) is 73.6 Å². The lowest BCUT2D eigenvalue weighted by Gasteiger charge is -2.41. The molecule has 0 spiro atoms. The SMILES string of the molecule is COc1cc(C=CC2C3=CCC4C(=O)N(CCc5ccc(O)cc5)C(=O)C4C3CC3=C2C(=O)C(C)=CC3=O)cc(OC)c1O. The normalized spacial score (nSPS) is 24.7. The first-order chi connectivity index (χ1) is 21.1. The van der Waals surface area contributed by atoms with E-state index in [1.54, 1.807) is 49.4 Å². The van der Waals surface area contributed by atoms with Crippen LogP contribution >= 0.6 is 0 Å². The van der Waals surface area contributed by atoms with Gasteiger partial charge in [0.25, 0.3) is 0 Å². The molecular formula is C35H33NO8. The van der Waals surface area contributed by atoms with Crippen molar-refractivity contribution in [1.29, 1.82) is 0 Å². The Kier molecular flexibility index (Phi) is 7.49. The van der Waals surface area contributed by atoms with Gasteiger partial charge in [0.2, 0.25) is 17.6 Å². The Hall–Kier alpha value is -4.92. The molecule has 0 radical (unpaired) electrons. The molecule has 44 heavy (non-hydrogen) atoms. The molecule has 0 aromatic heterocycles. The first kappa shape index (κ1) is 29.2. The number of imide groups is 1. The highest BCUT2D eigenvalue weighted by Gasteiger charge is 2.55. The van der Waals surface area contributed by atoms with Crippen molar-refractivity contribution in [3.8, 4) is 23.0 Å². The van der Waals surface area contributed by atoms with Gasteiger partial charge in [-0.25, -0.2) is 0 Å². The molecule has 9 nitrogen and oxygen atoms in total. The Morgan fingerprint density at radius 3 is 2.30 bits per heavy atom. The van der Waals surface area contributed by atoms with Gasteiger partial charge in [-0.1, -0.05) is 35.9 Å². The van der Waals surface area contributed by atoms with Crippen molar-refractivity contribution in [2.24, 2.45) is 23.7 Å². The molecule has 0 bridgehead atoms. The van der Waals surface area contributed by atoms with Gasteiger partial charge < -0.3 is 19.7 Å².